The molecule has 0 heterocycles. The molecule has 0 spiro atoms. The van der Waals surface area contributed by atoms with Gasteiger partial charge in [0.1, 0.15) is 5.60 Å². The molecule has 4 nitrogen and oxygen atoms in total. The lowest BCUT2D eigenvalue weighted by Gasteiger charge is -2.61. The molecule has 0 bridgehead atoms. The molecule has 3 unspecified atom stereocenters. The molecule has 0 saturated heterocycles. The van der Waals surface area contributed by atoms with Crippen LogP contribution in [-0.2, 0) is 4.74 Å². The number of ether oxygens (including phenoxy) is 3. The molecule has 4 fully saturated rings. The third-order valence-electron chi connectivity index (χ3n) is 10.7. The normalized spacial score (nSPS) is 43.1. The van der Waals surface area contributed by atoms with Gasteiger partial charge >= 0.3 is 0 Å². The van der Waals surface area contributed by atoms with Crippen LogP contribution in [0, 0.1) is 46.3 Å². The van der Waals surface area contributed by atoms with E-state index < -0.39 is 5.60 Å². The van der Waals surface area contributed by atoms with Crippen molar-refractivity contribution < 1.29 is 19.3 Å². The molecule has 4 saturated carbocycles. The fourth-order valence-electron chi connectivity index (χ4n) is 8.80. The summed E-state index contributed by atoms with van der Waals surface area (Å²) in [6.07, 6.45) is 10.8. The van der Waals surface area contributed by atoms with Gasteiger partial charge in [0.2, 0.25) is 0 Å². The first-order valence-corrected chi connectivity index (χ1v) is 13.3. The molecule has 4 heteroatoms. The van der Waals surface area contributed by atoms with Gasteiger partial charge in [-0.15, -0.1) is 0 Å². The zero-order chi connectivity index (χ0) is 24.1. The summed E-state index contributed by atoms with van der Waals surface area (Å²) in [5, 5.41) is 11.5. The van der Waals surface area contributed by atoms with Crippen molar-refractivity contribution in [2.45, 2.75) is 83.3 Å². The van der Waals surface area contributed by atoms with E-state index in [1.54, 1.807) is 14.2 Å². The first kappa shape index (κ1) is 24.0. The number of methoxy groups -OCH3 is 3. The van der Waals surface area contributed by atoms with E-state index in [-0.39, 0.29) is 0 Å². The summed E-state index contributed by atoms with van der Waals surface area (Å²) in [7, 11) is 5.18. The van der Waals surface area contributed by atoms with Crippen LogP contribution < -0.4 is 9.47 Å². The molecule has 5 rings (SSSR count). The lowest BCUT2D eigenvalue weighted by atomic mass is 9.44. The molecule has 1 N–H and O–H groups in total. The number of aliphatic hydroxyl groups is 1. The third-order valence-corrected chi connectivity index (χ3v) is 10.7. The highest BCUT2D eigenvalue weighted by Crippen LogP contribution is 2.67. The van der Waals surface area contributed by atoms with Gasteiger partial charge in [0.25, 0.3) is 0 Å². The van der Waals surface area contributed by atoms with Crippen LogP contribution in [0.3, 0.4) is 0 Å². The molecule has 186 valence electrons. The second-order valence-electron chi connectivity index (χ2n) is 12.1. The van der Waals surface area contributed by atoms with Crippen LogP contribution in [0.5, 0.6) is 11.5 Å². The first-order chi connectivity index (χ1) is 16.3. The second kappa shape index (κ2) is 8.75. The molecular weight excluding hydrogens is 424 g/mol. The Morgan fingerprint density at radius 3 is 2.35 bits per heavy atom. The fourth-order valence-corrected chi connectivity index (χ4v) is 8.80. The van der Waals surface area contributed by atoms with Gasteiger partial charge in [-0.05, 0) is 110 Å². The Morgan fingerprint density at radius 1 is 0.853 bits per heavy atom. The van der Waals surface area contributed by atoms with E-state index in [0.717, 1.165) is 42.6 Å². The number of hydrogen-bond donors (Lipinski definition) is 1. The van der Waals surface area contributed by atoms with Crippen molar-refractivity contribution in [3.63, 3.8) is 0 Å². The Morgan fingerprint density at radius 2 is 1.62 bits per heavy atom. The summed E-state index contributed by atoms with van der Waals surface area (Å²) >= 11 is 0. The van der Waals surface area contributed by atoms with Crippen LogP contribution in [0.1, 0.15) is 77.2 Å². The second-order valence-corrected chi connectivity index (χ2v) is 12.1. The Labute approximate surface area is 205 Å². The lowest BCUT2D eigenvalue weighted by Crippen LogP contribution is -2.56. The monoisotopic (exact) mass is 466 g/mol. The Bertz CT molecular complexity index is 978. The van der Waals surface area contributed by atoms with Gasteiger partial charge in [0, 0.05) is 12.7 Å². The Balaban J connectivity index is 1.33. The van der Waals surface area contributed by atoms with E-state index in [1.807, 2.05) is 25.3 Å². The maximum atomic E-state index is 11.5. The van der Waals surface area contributed by atoms with Gasteiger partial charge in [-0.25, -0.2) is 0 Å². The predicted molar refractivity (Wildman–Crippen MR) is 134 cm³/mol. The zero-order valence-corrected chi connectivity index (χ0v) is 21.7. The minimum Gasteiger partial charge on any atom is -0.493 e. The molecule has 0 radical (unpaired) electrons. The highest BCUT2D eigenvalue weighted by atomic mass is 16.5. The van der Waals surface area contributed by atoms with Crippen LogP contribution in [0.2, 0.25) is 0 Å². The first-order valence-electron chi connectivity index (χ1n) is 13.3. The summed E-state index contributed by atoms with van der Waals surface area (Å²) < 4.78 is 16.7. The number of benzene rings is 1. The van der Waals surface area contributed by atoms with Gasteiger partial charge in [0.15, 0.2) is 11.5 Å². The highest BCUT2D eigenvalue weighted by Gasteiger charge is 2.61. The molecule has 34 heavy (non-hydrogen) atoms. The van der Waals surface area contributed by atoms with Crippen LogP contribution >= 0.6 is 0 Å². The molecule has 0 aromatic heterocycles. The minimum absolute atomic E-state index is 0.326. The molecule has 1 aromatic carbocycles. The topological polar surface area (TPSA) is 47.9 Å². The SMILES string of the molecule is COc1ccc(C#CC2(O)CC[C@@]3(C)C(CC[C@@H]4[C@H]3CC[C@]3(C)C(OC)CC[C@@H]43)C2)cc1OC. The average Bonchev–Trinajstić information content (AvgIpc) is 3.19. The van der Waals surface area contributed by atoms with E-state index in [0.29, 0.717) is 34.4 Å². The summed E-state index contributed by atoms with van der Waals surface area (Å²) in [5.41, 5.74) is 0.636. The minimum atomic E-state index is -0.901. The van der Waals surface area contributed by atoms with Crippen molar-refractivity contribution in [3.05, 3.63) is 23.8 Å². The molecule has 0 amide bonds. The van der Waals surface area contributed by atoms with E-state index in [2.05, 4.69) is 25.7 Å². The standard InChI is InChI=1S/C30H42O4/c1-28-16-17-30(31,15-12-20-6-10-25(32-3)26(18-20)33-4)19-21(28)7-8-22-23-9-11-27(34-5)29(23,2)14-13-24(22)28/h6,10,18,21-24,27,31H,7-9,11,13-14,16-17,19H2,1-5H3/t21?,22-,23-,24+,27?,28-,29-,30?/m0/s1. The van der Waals surface area contributed by atoms with Crippen molar-refractivity contribution in [2.75, 3.05) is 21.3 Å². The maximum Gasteiger partial charge on any atom is 0.161 e. The Hall–Kier alpha value is -1.70. The van der Waals surface area contributed by atoms with E-state index in [1.165, 1.54) is 38.5 Å². The molecule has 1 aromatic rings. The Kier molecular flexibility index (Phi) is 6.18. The van der Waals surface area contributed by atoms with Crippen LogP contribution in [0.15, 0.2) is 18.2 Å². The van der Waals surface area contributed by atoms with Crippen LogP contribution in [-0.4, -0.2) is 38.1 Å². The quantitative estimate of drug-likeness (QED) is 0.568. The van der Waals surface area contributed by atoms with Crippen molar-refractivity contribution in [1.29, 1.82) is 0 Å². The molecule has 8 atom stereocenters. The summed E-state index contributed by atoms with van der Waals surface area (Å²) in [5.74, 6) is 10.8. The van der Waals surface area contributed by atoms with Crippen LogP contribution in [0.25, 0.3) is 0 Å². The molecular formula is C30H42O4. The zero-order valence-electron chi connectivity index (χ0n) is 21.7. The van der Waals surface area contributed by atoms with E-state index >= 15 is 0 Å². The van der Waals surface area contributed by atoms with Crippen LogP contribution in [0.4, 0.5) is 0 Å². The van der Waals surface area contributed by atoms with E-state index in [9.17, 15) is 5.11 Å². The fraction of sp³-hybridized carbons (Fsp3) is 0.733. The molecule has 4 aliphatic carbocycles. The third kappa shape index (κ3) is 3.75. The summed E-state index contributed by atoms with van der Waals surface area (Å²) in [6.45, 7) is 5.05. The van der Waals surface area contributed by atoms with Gasteiger partial charge < -0.3 is 19.3 Å². The number of fused-ring (bicyclic) bond motifs is 5. The number of hydrogen-bond acceptors (Lipinski definition) is 4. The summed E-state index contributed by atoms with van der Waals surface area (Å²) in [4.78, 5) is 0. The van der Waals surface area contributed by atoms with Crippen molar-refractivity contribution in [3.8, 4) is 23.3 Å². The highest BCUT2D eigenvalue weighted by molar-refractivity contribution is 5.49. The van der Waals surface area contributed by atoms with Crippen molar-refractivity contribution in [1.82, 2.24) is 0 Å². The molecule has 0 aliphatic heterocycles. The summed E-state index contributed by atoms with van der Waals surface area (Å²) in [6, 6.07) is 5.70. The van der Waals surface area contributed by atoms with Gasteiger partial charge in [-0.2, -0.15) is 0 Å². The smallest absolute Gasteiger partial charge is 0.161 e. The van der Waals surface area contributed by atoms with Crippen molar-refractivity contribution in [2.24, 2.45) is 34.5 Å². The van der Waals surface area contributed by atoms with Gasteiger partial charge in [0.05, 0.1) is 20.3 Å². The van der Waals surface area contributed by atoms with Gasteiger partial charge in [-0.1, -0.05) is 25.7 Å². The van der Waals surface area contributed by atoms with Crippen molar-refractivity contribution >= 4 is 0 Å². The van der Waals surface area contributed by atoms with Gasteiger partial charge in [-0.3, -0.25) is 0 Å². The largest absolute Gasteiger partial charge is 0.493 e. The average molecular weight is 467 g/mol. The lowest BCUT2D eigenvalue weighted by molar-refractivity contribution is -0.146. The predicted octanol–water partition coefficient (Wildman–Crippen LogP) is 5.84. The number of rotatable bonds is 3. The van der Waals surface area contributed by atoms with E-state index in [4.69, 9.17) is 14.2 Å². The maximum absolute atomic E-state index is 11.5. The molecule has 4 aliphatic rings.